The summed E-state index contributed by atoms with van der Waals surface area (Å²) in [7, 11) is 1.64. The van der Waals surface area contributed by atoms with E-state index in [2.05, 4.69) is 24.3 Å². The first-order valence-electron chi connectivity index (χ1n) is 8.62. The molecule has 0 aromatic heterocycles. The summed E-state index contributed by atoms with van der Waals surface area (Å²) in [5.41, 5.74) is 2.04. The Bertz CT molecular complexity index is 765. The standard InChI is InChI=1S/C22H23NO2/c1-25-21-15-9-8-14-20(21)23-17-16-19(22(23)24)13-7-3-6-12-18-10-4-2-5-11-18/h2-12,14-15,19H,13,16-17H2,1H3/b7-3+,12-6+. The second-order valence-electron chi connectivity index (χ2n) is 6.08. The van der Waals surface area contributed by atoms with Gasteiger partial charge in [-0.1, -0.05) is 66.8 Å². The largest absolute Gasteiger partial charge is 0.495 e. The number of para-hydroxylation sites is 2. The molecule has 0 N–H and O–H groups in total. The van der Waals surface area contributed by atoms with Gasteiger partial charge in [0.2, 0.25) is 5.91 Å². The Labute approximate surface area is 149 Å². The average molecular weight is 333 g/mol. The number of carbonyl (C=O) groups is 1. The van der Waals surface area contributed by atoms with Crippen LogP contribution in [0.3, 0.4) is 0 Å². The van der Waals surface area contributed by atoms with Crippen molar-refractivity contribution in [1.29, 1.82) is 0 Å². The first-order valence-corrected chi connectivity index (χ1v) is 8.62. The van der Waals surface area contributed by atoms with Gasteiger partial charge in [0, 0.05) is 12.5 Å². The summed E-state index contributed by atoms with van der Waals surface area (Å²) in [6.07, 6.45) is 9.83. The van der Waals surface area contributed by atoms with E-state index in [1.54, 1.807) is 7.11 Å². The van der Waals surface area contributed by atoms with Crippen molar-refractivity contribution < 1.29 is 9.53 Å². The van der Waals surface area contributed by atoms with Gasteiger partial charge in [0.15, 0.2) is 0 Å². The normalized spacial score (nSPS) is 17.7. The van der Waals surface area contributed by atoms with Crippen molar-refractivity contribution in [2.75, 3.05) is 18.6 Å². The maximum atomic E-state index is 12.7. The summed E-state index contributed by atoms with van der Waals surface area (Å²) in [5, 5.41) is 0. The molecule has 1 heterocycles. The fourth-order valence-corrected chi connectivity index (χ4v) is 3.10. The van der Waals surface area contributed by atoms with E-state index < -0.39 is 0 Å². The Morgan fingerprint density at radius 3 is 2.64 bits per heavy atom. The molecule has 3 heteroatoms. The van der Waals surface area contributed by atoms with Crippen molar-refractivity contribution >= 4 is 17.7 Å². The van der Waals surface area contributed by atoms with Gasteiger partial charge in [0.05, 0.1) is 12.8 Å². The predicted octanol–water partition coefficient (Wildman–Crippen LogP) is 4.71. The number of benzene rings is 2. The second kappa shape index (κ2) is 8.34. The number of methoxy groups -OCH3 is 1. The fourth-order valence-electron chi connectivity index (χ4n) is 3.10. The zero-order valence-corrected chi connectivity index (χ0v) is 14.5. The highest BCUT2D eigenvalue weighted by atomic mass is 16.5. The van der Waals surface area contributed by atoms with Crippen molar-refractivity contribution in [2.45, 2.75) is 12.8 Å². The van der Waals surface area contributed by atoms with Crippen LogP contribution in [0, 0.1) is 5.92 Å². The molecular formula is C22H23NO2. The molecule has 1 amide bonds. The molecule has 128 valence electrons. The summed E-state index contributed by atoms with van der Waals surface area (Å²) < 4.78 is 5.38. The monoisotopic (exact) mass is 333 g/mol. The Morgan fingerprint density at radius 1 is 1.08 bits per heavy atom. The number of nitrogens with zero attached hydrogens (tertiary/aromatic N) is 1. The van der Waals surface area contributed by atoms with Crippen LogP contribution in [-0.4, -0.2) is 19.6 Å². The lowest BCUT2D eigenvalue weighted by Gasteiger charge is -2.19. The second-order valence-corrected chi connectivity index (χ2v) is 6.08. The minimum absolute atomic E-state index is 0.0475. The Kier molecular flexibility index (Phi) is 5.68. The van der Waals surface area contributed by atoms with Crippen LogP contribution in [0.4, 0.5) is 5.69 Å². The first kappa shape index (κ1) is 17.0. The molecular weight excluding hydrogens is 310 g/mol. The van der Waals surface area contributed by atoms with Crippen LogP contribution in [0.5, 0.6) is 5.75 Å². The molecule has 2 aromatic rings. The van der Waals surface area contributed by atoms with Gasteiger partial charge in [-0.05, 0) is 30.5 Å². The van der Waals surface area contributed by atoms with Crippen LogP contribution in [0.1, 0.15) is 18.4 Å². The number of rotatable bonds is 6. The molecule has 1 aliphatic heterocycles. The summed E-state index contributed by atoms with van der Waals surface area (Å²) in [6, 6.07) is 17.9. The molecule has 0 aliphatic carbocycles. The zero-order valence-electron chi connectivity index (χ0n) is 14.5. The van der Waals surface area contributed by atoms with Crippen LogP contribution in [-0.2, 0) is 4.79 Å². The Hall–Kier alpha value is -2.81. The topological polar surface area (TPSA) is 29.5 Å². The minimum atomic E-state index is 0.0475. The quantitative estimate of drug-likeness (QED) is 0.717. The summed E-state index contributed by atoms with van der Waals surface area (Å²) >= 11 is 0. The van der Waals surface area contributed by atoms with E-state index in [4.69, 9.17) is 4.74 Å². The Morgan fingerprint density at radius 2 is 1.84 bits per heavy atom. The molecule has 1 unspecified atom stereocenters. The van der Waals surface area contributed by atoms with Crippen molar-refractivity contribution in [3.05, 3.63) is 78.4 Å². The Balaban J connectivity index is 1.57. The van der Waals surface area contributed by atoms with E-state index >= 15 is 0 Å². The molecule has 1 saturated heterocycles. The third-order valence-electron chi connectivity index (χ3n) is 4.45. The van der Waals surface area contributed by atoms with Gasteiger partial charge in [0.1, 0.15) is 5.75 Å². The molecule has 0 spiro atoms. The van der Waals surface area contributed by atoms with Gasteiger partial charge in [0.25, 0.3) is 0 Å². The lowest BCUT2D eigenvalue weighted by atomic mass is 10.0. The number of amides is 1. The van der Waals surface area contributed by atoms with Crippen LogP contribution < -0.4 is 9.64 Å². The van der Waals surface area contributed by atoms with Crippen molar-refractivity contribution in [3.63, 3.8) is 0 Å². The fraction of sp³-hybridized carbons (Fsp3) is 0.227. The highest BCUT2D eigenvalue weighted by molar-refractivity contribution is 5.98. The van der Waals surface area contributed by atoms with E-state index in [0.29, 0.717) is 0 Å². The third kappa shape index (κ3) is 4.18. The highest BCUT2D eigenvalue weighted by Crippen LogP contribution is 2.33. The minimum Gasteiger partial charge on any atom is -0.495 e. The van der Waals surface area contributed by atoms with E-state index in [1.165, 1.54) is 5.56 Å². The lowest BCUT2D eigenvalue weighted by Crippen LogP contribution is -2.27. The molecule has 3 nitrogen and oxygen atoms in total. The number of ether oxygens (including phenoxy) is 1. The predicted molar refractivity (Wildman–Crippen MR) is 103 cm³/mol. The number of anilines is 1. The van der Waals surface area contributed by atoms with Gasteiger partial charge in [-0.3, -0.25) is 4.79 Å². The zero-order chi connectivity index (χ0) is 17.5. The van der Waals surface area contributed by atoms with Crippen molar-refractivity contribution in [1.82, 2.24) is 0 Å². The van der Waals surface area contributed by atoms with E-state index in [0.717, 1.165) is 30.8 Å². The molecule has 25 heavy (non-hydrogen) atoms. The van der Waals surface area contributed by atoms with E-state index in [9.17, 15) is 4.79 Å². The molecule has 0 saturated carbocycles. The van der Waals surface area contributed by atoms with Gasteiger partial charge >= 0.3 is 0 Å². The lowest BCUT2D eigenvalue weighted by molar-refractivity contribution is -0.120. The number of allylic oxidation sites excluding steroid dienone is 3. The maximum absolute atomic E-state index is 12.7. The number of hydrogen-bond acceptors (Lipinski definition) is 2. The van der Waals surface area contributed by atoms with Gasteiger partial charge in [-0.2, -0.15) is 0 Å². The smallest absolute Gasteiger partial charge is 0.230 e. The molecule has 3 rings (SSSR count). The number of hydrogen-bond donors (Lipinski definition) is 0. The molecule has 1 fully saturated rings. The first-order chi connectivity index (χ1) is 12.3. The van der Waals surface area contributed by atoms with Crippen LogP contribution in [0.25, 0.3) is 6.08 Å². The number of carbonyl (C=O) groups excluding carboxylic acids is 1. The SMILES string of the molecule is COc1ccccc1N1CCC(C/C=C/C=C/c2ccccc2)C1=O. The van der Waals surface area contributed by atoms with Gasteiger partial charge in [-0.15, -0.1) is 0 Å². The van der Waals surface area contributed by atoms with Gasteiger partial charge in [-0.25, -0.2) is 0 Å². The highest BCUT2D eigenvalue weighted by Gasteiger charge is 2.32. The van der Waals surface area contributed by atoms with Crippen molar-refractivity contribution in [3.8, 4) is 5.75 Å². The van der Waals surface area contributed by atoms with Crippen LogP contribution >= 0.6 is 0 Å². The molecule has 0 bridgehead atoms. The molecule has 2 aromatic carbocycles. The summed E-state index contributed by atoms with van der Waals surface area (Å²) in [6.45, 7) is 0.748. The van der Waals surface area contributed by atoms with E-state index in [-0.39, 0.29) is 11.8 Å². The van der Waals surface area contributed by atoms with Crippen molar-refractivity contribution in [2.24, 2.45) is 5.92 Å². The van der Waals surface area contributed by atoms with E-state index in [1.807, 2.05) is 59.5 Å². The average Bonchev–Trinajstić information content (AvgIpc) is 3.03. The van der Waals surface area contributed by atoms with Gasteiger partial charge < -0.3 is 9.64 Å². The summed E-state index contributed by atoms with van der Waals surface area (Å²) in [4.78, 5) is 14.5. The summed E-state index contributed by atoms with van der Waals surface area (Å²) in [5.74, 6) is 0.977. The van der Waals surface area contributed by atoms with Crippen LogP contribution in [0.15, 0.2) is 72.8 Å². The molecule has 1 aliphatic rings. The molecule has 0 radical (unpaired) electrons. The maximum Gasteiger partial charge on any atom is 0.230 e. The third-order valence-corrected chi connectivity index (χ3v) is 4.45. The van der Waals surface area contributed by atoms with Crippen LogP contribution in [0.2, 0.25) is 0 Å². The molecule has 1 atom stereocenters.